The Labute approximate surface area is 148 Å². The molecule has 0 radical (unpaired) electrons. The Morgan fingerprint density at radius 1 is 1.16 bits per heavy atom. The van der Waals surface area contributed by atoms with E-state index in [1.807, 2.05) is 30.3 Å². The van der Waals surface area contributed by atoms with Gasteiger partial charge in [0, 0.05) is 16.5 Å². The number of carbonyl (C=O) groups excluding carboxylic acids is 2. The van der Waals surface area contributed by atoms with Gasteiger partial charge in [-0.05, 0) is 18.2 Å². The quantitative estimate of drug-likeness (QED) is 0.736. The van der Waals surface area contributed by atoms with Gasteiger partial charge in [0.25, 0.3) is 5.91 Å². The number of rotatable bonds is 5. The molecule has 6 nitrogen and oxygen atoms in total. The van der Waals surface area contributed by atoms with E-state index in [0.29, 0.717) is 11.4 Å². The van der Waals surface area contributed by atoms with Crippen molar-refractivity contribution >= 4 is 28.8 Å². The zero-order valence-electron chi connectivity index (χ0n) is 13.4. The van der Waals surface area contributed by atoms with E-state index in [-0.39, 0.29) is 11.3 Å². The van der Waals surface area contributed by atoms with Crippen LogP contribution in [0.4, 0.5) is 5.69 Å². The second kappa shape index (κ2) is 7.14. The van der Waals surface area contributed by atoms with Crippen LogP contribution in [0.2, 0.25) is 0 Å². The van der Waals surface area contributed by atoms with Crippen molar-refractivity contribution in [2.24, 2.45) is 5.73 Å². The molecule has 0 fully saturated rings. The number of amides is 2. The number of anilines is 1. The highest BCUT2D eigenvalue weighted by molar-refractivity contribution is 7.13. The molecule has 0 aliphatic heterocycles. The third kappa shape index (κ3) is 3.67. The lowest BCUT2D eigenvalue weighted by Gasteiger charge is -2.10. The number of hydrogen-bond donors (Lipinski definition) is 2. The molecule has 2 aromatic carbocycles. The van der Waals surface area contributed by atoms with E-state index >= 15 is 0 Å². The molecule has 3 rings (SSSR count). The molecule has 2 amide bonds. The largest absolute Gasteiger partial charge is 0.495 e. The van der Waals surface area contributed by atoms with Gasteiger partial charge in [-0.3, -0.25) is 9.59 Å². The minimum Gasteiger partial charge on any atom is -0.495 e. The van der Waals surface area contributed by atoms with Crippen LogP contribution in [0.5, 0.6) is 5.75 Å². The molecule has 0 saturated heterocycles. The van der Waals surface area contributed by atoms with Crippen LogP contribution < -0.4 is 15.8 Å². The van der Waals surface area contributed by atoms with E-state index in [1.54, 1.807) is 11.4 Å². The molecule has 0 aliphatic rings. The van der Waals surface area contributed by atoms with Gasteiger partial charge in [-0.2, -0.15) is 0 Å². The monoisotopic (exact) mass is 353 g/mol. The molecule has 0 spiro atoms. The van der Waals surface area contributed by atoms with E-state index in [9.17, 15) is 9.59 Å². The number of benzene rings is 2. The summed E-state index contributed by atoms with van der Waals surface area (Å²) in [6.45, 7) is 0. The first-order chi connectivity index (χ1) is 12.1. The summed E-state index contributed by atoms with van der Waals surface area (Å²) in [6, 6.07) is 14.2. The first-order valence-corrected chi connectivity index (χ1v) is 8.26. The van der Waals surface area contributed by atoms with Gasteiger partial charge in [0.05, 0.1) is 12.8 Å². The summed E-state index contributed by atoms with van der Waals surface area (Å²) in [5.74, 6) is -0.548. The van der Waals surface area contributed by atoms with E-state index in [2.05, 4.69) is 10.3 Å². The van der Waals surface area contributed by atoms with Gasteiger partial charge in [-0.25, -0.2) is 4.98 Å². The van der Waals surface area contributed by atoms with E-state index in [1.165, 1.54) is 30.6 Å². The third-order valence-corrected chi connectivity index (χ3v) is 4.38. The van der Waals surface area contributed by atoms with Crippen molar-refractivity contribution in [2.75, 3.05) is 12.4 Å². The van der Waals surface area contributed by atoms with E-state index in [0.717, 1.165) is 10.6 Å². The van der Waals surface area contributed by atoms with Crippen LogP contribution in [-0.4, -0.2) is 23.9 Å². The minimum absolute atomic E-state index is 0.277. The van der Waals surface area contributed by atoms with Crippen LogP contribution in [0.1, 0.15) is 20.8 Å². The molecule has 0 saturated carbocycles. The van der Waals surface area contributed by atoms with Crippen molar-refractivity contribution in [3.8, 4) is 16.3 Å². The van der Waals surface area contributed by atoms with Crippen LogP contribution in [0.15, 0.2) is 53.9 Å². The highest BCUT2D eigenvalue weighted by Crippen LogP contribution is 2.27. The highest BCUT2D eigenvalue weighted by Gasteiger charge is 2.15. The molecule has 0 unspecified atom stereocenters. The molecule has 0 aliphatic carbocycles. The molecule has 0 bridgehead atoms. The van der Waals surface area contributed by atoms with E-state index in [4.69, 9.17) is 10.5 Å². The molecule has 25 heavy (non-hydrogen) atoms. The molecule has 3 N–H and O–H groups in total. The molecule has 7 heteroatoms. The zero-order chi connectivity index (χ0) is 17.8. The van der Waals surface area contributed by atoms with Crippen molar-refractivity contribution in [1.29, 1.82) is 0 Å². The number of nitrogens with one attached hydrogen (secondary N) is 1. The van der Waals surface area contributed by atoms with Crippen molar-refractivity contribution in [1.82, 2.24) is 4.98 Å². The lowest BCUT2D eigenvalue weighted by Crippen LogP contribution is -2.15. The number of methoxy groups -OCH3 is 1. The standard InChI is InChI=1S/C18H15N3O3S/c1-24-15-8-7-12(16(19)22)9-13(15)20-17(23)14-10-25-18(21-14)11-5-3-2-4-6-11/h2-10H,1H3,(H2,19,22)(H,20,23). The Kier molecular flexibility index (Phi) is 4.76. The normalized spacial score (nSPS) is 10.3. The second-order valence-electron chi connectivity index (χ2n) is 5.14. The van der Waals surface area contributed by atoms with Gasteiger partial charge < -0.3 is 15.8 Å². The summed E-state index contributed by atoms with van der Waals surface area (Å²) < 4.78 is 5.21. The molecular formula is C18H15N3O3S. The predicted octanol–water partition coefficient (Wildman–Crippen LogP) is 3.17. The lowest BCUT2D eigenvalue weighted by atomic mass is 10.1. The fraction of sp³-hybridized carbons (Fsp3) is 0.0556. The Morgan fingerprint density at radius 2 is 1.92 bits per heavy atom. The van der Waals surface area contributed by atoms with Gasteiger partial charge in [-0.1, -0.05) is 30.3 Å². The van der Waals surface area contributed by atoms with Crippen LogP contribution >= 0.6 is 11.3 Å². The highest BCUT2D eigenvalue weighted by atomic mass is 32.1. The van der Waals surface area contributed by atoms with E-state index < -0.39 is 11.8 Å². The molecule has 126 valence electrons. The van der Waals surface area contributed by atoms with Crippen molar-refractivity contribution in [2.45, 2.75) is 0 Å². The Bertz CT molecular complexity index is 922. The fourth-order valence-electron chi connectivity index (χ4n) is 2.24. The second-order valence-corrected chi connectivity index (χ2v) is 6.00. The number of primary amides is 1. The maximum absolute atomic E-state index is 12.5. The smallest absolute Gasteiger partial charge is 0.275 e. The molecular weight excluding hydrogens is 338 g/mol. The number of ether oxygens (including phenoxy) is 1. The predicted molar refractivity (Wildman–Crippen MR) is 97.0 cm³/mol. The van der Waals surface area contributed by atoms with Gasteiger partial charge in [-0.15, -0.1) is 11.3 Å². The molecule has 1 aromatic heterocycles. The summed E-state index contributed by atoms with van der Waals surface area (Å²) in [4.78, 5) is 28.2. The van der Waals surface area contributed by atoms with Gasteiger partial charge in [0.15, 0.2) is 0 Å². The number of aromatic nitrogens is 1. The third-order valence-electron chi connectivity index (χ3n) is 3.49. The van der Waals surface area contributed by atoms with Crippen molar-refractivity contribution in [3.63, 3.8) is 0 Å². The number of nitrogens with two attached hydrogens (primary N) is 1. The van der Waals surface area contributed by atoms with Gasteiger partial charge in [0.2, 0.25) is 5.91 Å². The van der Waals surface area contributed by atoms with Crippen LogP contribution in [-0.2, 0) is 0 Å². The number of hydrogen-bond acceptors (Lipinski definition) is 5. The Balaban J connectivity index is 1.84. The van der Waals surface area contributed by atoms with Crippen molar-refractivity contribution in [3.05, 3.63) is 65.2 Å². The van der Waals surface area contributed by atoms with Crippen molar-refractivity contribution < 1.29 is 14.3 Å². The summed E-state index contributed by atoms with van der Waals surface area (Å²) in [7, 11) is 1.48. The minimum atomic E-state index is -0.585. The Hall–Kier alpha value is -3.19. The first kappa shape index (κ1) is 16.7. The Morgan fingerprint density at radius 3 is 2.60 bits per heavy atom. The summed E-state index contributed by atoms with van der Waals surface area (Å²) in [5, 5.41) is 5.15. The number of thiazole rings is 1. The zero-order valence-corrected chi connectivity index (χ0v) is 14.2. The van der Waals surface area contributed by atoms with Gasteiger partial charge >= 0.3 is 0 Å². The summed E-state index contributed by atoms with van der Waals surface area (Å²) in [5.41, 5.74) is 7.15. The van der Waals surface area contributed by atoms with Crippen LogP contribution in [0.25, 0.3) is 10.6 Å². The maximum atomic E-state index is 12.5. The lowest BCUT2D eigenvalue weighted by molar-refractivity contribution is 0.0995. The van der Waals surface area contributed by atoms with Crippen LogP contribution in [0.3, 0.4) is 0 Å². The molecule has 3 aromatic rings. The average Bonchev–Trinajstić information content (AvgIpc) is 3.12. The average molecular weight is 353 g/mol. The molecule has 1 heterocycles. The summed E-state index contributed by atoms with van der Waals surface area (Å²) >= 11 is 1.38. The topological polar surface area (TPSA) is 94.3 Å². The molecule has 0 atom stereocenters. The number of carbonyl (C=O) groups is 2. The summed E-state index contributed by atoms with van der Waals surface area (Å²) in [6.07, 6.45) is 0. The SMILES string of the molecule is COc1ccc(C(N)=O)cc1NC(=O)c1csc(-c2ccccc2)n1. The van der Waals surface area contributed by atoms with Gasteiger partial charge in [0.1, 0.15) is 16.5 Å². The first-order valence-electron chi connectivity index (χ1n) is 7.38. The van der Waals surface area contributed by atoms with Crippen LogP contribution in [0, 0.1) is 0 Å². The fourth-order valence-corrected chi connectivity index (χ4v) is 3.04. The number of nitrogens with zero attached hydrogens (tertiary/aromatic N) is 1. The maximum Gasteiger partial charge on any atom is 0.275 e.